The van der Waals surface area contributed by atoms with E-state index < -0.39 is 0 Å². The zero-order valence-electron chi connectivity index (χ0n) is 18.3. The number of benzene rings is 3. The Balaban J connectivity index is 1.52. The molecule has 0 saturated heterocycles. The quantitative estimate of drug-likeness (QED) is 0.429. The number of carbonyl (C=O) groups excluding carboxylic acids is 4. The van der Waals surface area contributed by atoms with Crippen LogP contribution in [0.25, 0.3) is 0 Å². The Morgan fingerprint density at radius 1 is 0.514 bits per heavy atom. The molecule has 3 aromatic carbocycles. The van der Waals surface area contributed by atoms with E-state index in [1.54, 1.807) is 36.4 Å². The van der Waals surface area contributed by atoms with Crippen molar-refractivity contribution in [2.45, 2.75) is 5.92 Å². The summed E-state index contributed by atoms with van der Waals surface area (Å²) in [5.41, 5.74) is 4.20. The third-order valence-electron chi connectivity index (χ3n) is 5.96. The predicted octanol–water partition coefficient (Wildman–Crippen LogP) is 3.60. The van der Waals surface area contributed by atoms with Gasteiger partial charge in [-0.15, -0.1) is 0 Å². The zero-order valence-corrected chi connectivity index (χ0v) is 18.3. The molecule has 168 valence electrons. The Labute approximate surface area is 200 Å². The molecule has 2 aliphatic heterocycles. The van der Waals surface area contributed by atoms with Gasteiger partial charge in [-0.1, -0.05) is 36.4 Å². The number of hydrogen-bond acceptors (Lipinski definition) is 5. The van der Waals surface area contributed by atoms with Crippen LogP contribution in [0.1, 0.15) is 28.2 Å². The molecule has 0 unspecified atom stereocenters. The van der Waals surface area contributed by atoms with Crippen LogP contribution in [0.15, 0.2) is 97.1 Å². The lowest BCUT2D eigenvalue weighted by Crippen LogP contribution is -2.29. The number of nitriles is 1. The van der Waals surface area contributed by atoms with Crippen molar-refractivity contribution in [3.05, 3.63) is 119 Å². The standard InChI is InChI=1S/C28H17N3O4/c29-17-18-1-3-19(4-2-18)28(20-5-9-22(10-6-20)30-24(32)13-14-25(30)33)21-7-11-23(12-8-21)31-26(34)15-16-27(31)35/h1-16,28H. The minimum Gasteiger partial charge on any atom is -0.269 e. The van der Waals surface area contributed by atoms with Gasteiger partial charge in [0, 0.05) is 30.2 Å². The van der Waals surface area contributed by atoms with Gasteiger partial charge in [-0.05, 0) is 53.1 Å². The molecule has 0 N–H and O–H groups in total. The summed E-state index contributed by atoms with van der Waals surface area (Å²) in [7, 11) is 0. The van der Waals surface area contributed by atoms with Crippen LogP contribution < -0.4 is 9.80 Å². The summed E-state index contributed by atoms with van der Waals surface area (Å²) in [6, 6.07) is 23.6. The topological polar surface area (TPSA) is 98.5 Å². The molecule has 2 heterocycles. The lowest BCUT2D eigenvalue weighted by molar-refractivity contribution is -0.121. The van der Waals surface area contributed by atoms with E-state index in [1.165, 1.54) is 24.3 Å². The van der Waals surface area contributed by atoms with Crippen LogP contribution >= 0.6 is 0 Å². The summed E-state index contributed by atoms with van der Waals surface area (Å²) in [5, 5.41) is 9.18. The van der Waals surface area contributed by atoms with E-state index in [0.717, 1.165) is 26.5 Å². The van der Waals surface area contributed by atoms with E-state index in [-0.39, 0.29) is 29.5 Å². The van der Waals surface area contributed by atoms with Crippen molar-refractivity contribution < 1.29 is 19.2 Å². The Morgan fingerprint density at radius 2 is 0.829 bits per heavy atom. The van der Waals surface area contributed by atoms with Gasteiger partial charge in [0.2, 0.25) is 0 Å². The zero-order chi connectivity index (χ0) is 24.5. The first-order chi connectivity index (χ1) is 17.0. The highest BCUT2D eigenvalue weighted by atomic mass is 16.2. The highest BCUT2D eigenvalue weighted by Gasteiger charge is 2.27. The van der Waals surface area contributed by atoms with Crippen molar-refractivity contribution in [2.24, 2.45) is 0 Å². The first kappa shape index (κ1) is 21.7. The molecule has 0 radical (unpaired) electrons. The third kappa shape index (κ3) is 3.94. The van der Waals surface area contributed by atoms with Crippen LogP contribution in [-0.4, -0.2) is 23.6 Å². The molecule has 0 aliphatic carbocycles. The lowest BCUT2D eigenvalue weighted by atomic mass is 9.84. The fraction of sp³-hybridized carbons (Fsp3) is 0.0357. The molecule has 7 heteroatoms. The fourth-order valence-corrected chi connectivity index (χ4v) is 4.27. The van der Waals surface area contributed by atoms with E-state index in [0.29, 0.717) is 16.9 Å². The van der Waals surface area contributed by atoms with Crippen LogP contribution in [0.4, 0.5) is 11.4 Å². The normalized spacial score (nSPS) is 15.0. The average molecular weight is 459 g/mol. The average Bonchev–Trinajstić information content (AvgIpc) is 3.40. The third-order valence-corrected chi connectivity index (χ3v) is 5.96. The smallest absolute Gasteiger partial charge is 0.258 e. The number of carbonyl (C=O) groups is 4. The maximum atomic E-state index is 12.0. The van der Waals surface area contributed by atoms with Crippen molar-refractivity contribution in [3.63, 3.8) is 0 Å². The molecule has 4 amide bonds. The van der Waals surface area contributed by atoms with Crippen molar-refractivity contribution in [3.8, 4) is 6.07 Å². The van der Waals surface area contributed by atoms with Gasteiger partial charge in [0.05, 0.1) is 23.0 Å². The largest absolute Gasteiger partial charge is 0.269 e. The molecule has 0 fully saturated rings. The van der Waals surface area contributed by atoms with E-state index in [1.807, 2.05) is 36.4 Å². The molecule has 0 aromatic heterocycles. The number of imide groups is 2. The summed E-state index contributed by atoms with van der Waals surface area (Å²) in [5.74, 6) is -1.79. The van der Waals surface area contributed by atoms with Crippen molar-refractivity contribution in [1.82, 2.24) is 0 Å². The molecule has 2 aliphatic rings. The highest BCUT2D eigenvalue weighted by Crippen LogP contribution is 2.35. The maximum absolute atomic E-state index is 12.0. The molecule has 0 spiro atoms. The minimum atomic E-state index is -0.387. The Hall–Kier alpha value is -5.09. The van der Waals surface area contributed by atoms with Gasteiger partial charge in [-0.2, -0.15) is 5.26 Å². The number of anilines is 2. The van der Waals surface area contributed by atoms with Crippen LogP contribution in [0, 0.1) is 11.3 Å². The van der Waals surface area contributed by atoms with E-state index in [2.05, 4.69) is 6.07 Å². The van der Waals surface area contributed by atoms with Gasteiger partial charge >= 0.3 is 0 Å². The molecule has 0 atom stereocenters. The van der Waals surface area contributed by atoms with Crippen molar-refractivity contribution >= 4 is 35.0 Å². The summed E-state index contributed by atoms with van der Waals surface area (Å²) >= 11 is 0. The monoisotopic (exact) mass is 459 g/mol. The van der Waals surface area contributed by atoms with Crippen molar-refractivity contribution in [2.75, 3.05) is 9.80 Å². The van der Waals surface area contributed by atoms with Gasteiger partial charge in [0.1, 0.15) is 0 Å². The fourth-order valence-electron chi connectivity index (χ4n) is 4.27. The molecule has 0 saturated carbocycles. The molecule has 3 aromatic rings. The molecular formula is C28H17N3O4. The van der Waals surface area contributed by atoms with Crippen LogP contribution in [-0.2, 0) is 19.2 Å². The minimum absolute atomic E-state index is 0.239. The first-order valence-electron chi connectivity index (χ1n) is 10.8. The van der Waals surface area contributed by atoms with Gasteiger partial charge in [0.15, 0.2) is 0 Å². The van der Waals surface area contributed by atoms with Gasteiger partial charge in [-0.25, -0.2) is 9.80 Å². The Morgan fingerprint density at radius 3 is 1.14 bits per heavy atom. The highest BCUT2D eigenvalue weighted by molar-refractivity contribution is 6.28. The lowest BCUT2D eigenvalue weighted by Gasteiger charge is -2.22. The second kappa shape index (κ2) is 8.69. The Bertz CT molecular complexity index is 1340. The molecule has 7 nitrogen and oxygen atoms in total. The van der Waals surface area contributed by atoms with Crippen LogP contribution in [0.2, 0.25) is 0 Å². The van der Waals surface area contributed by atoms with Crippen LogP contribution in [0.5, 0.6) is 0 Å². The molecule has 35 heavy (non-hydrogen) atoms. The number of amides is 4. The summed E-state index contributed by atoms with van der Waals surface area (Å²) < 4.78 is 0. The van der Waals surface area contributed by atoms with E-state index in [9.17, 15) is 24.4 Å². The second-order valence-electron chi connectivity index (χ2n) is 8.04. The SMILES string of the molecule is N#Cc1ccc(C(c2ccc(N3C(=O)C=CC3=O)cc2)c2ccc(N3C(=O)C=CC3=O)cc2)cc1. The van der Waals surface area contributed by atoms with Gasteiger partial charge in [-0.3, -0.25) is 19.2 Å². The van der Waals surface area contributed by atoms with E-state index >= 15 is 0 Å². The van der Waals surface area contributed by atoms with Gasteiger partial charge in [0.25, 0.3) is 23.6 Å². The number of hydrogen-bond donors (Lipinski definition) is 0. The van der Waals surface area contributed by atoms with Gasteiger partial charge < -0.3 is 0 Å². The van der Waals surface area contributed by atoms with Crippen LogP contribution in [0.3, 0.4) is 0 Å². The number of rotatable bonds is 5. The summed E-state index contributed by atoms with van der Waals surface area (Å²) in [4.78, 5) is 50.3. The predicted molar refractivity (Wildman–Crippen MR) is 128 cm³/mol. The van der Waals surface area contributed by atoms with Crippen molar-refractivity contribution in [1.29, 1.82) is 5.26 Å². The first-order valence-corrected chi connectivity index (χ1v) is 10.8. The maximum Gasteiger partial charge on any atom is 0.258 e. The summed E-state index contributed by atoms with van der Waals surface area (Å²) in [6.45, 7) is 0. The number of nitrogens with zero attached hydrogens (tertiary/aromatic N) is 3. The molecular weight excluding hydrogens is 442 g/mol. The Kier molecular flexibility index (Phi) is 5.40. The molecule has 0 bridgehead atoms. The molecule has 5 rings (SSSR count). The van der Waals surface area contributed by atoms with E-state index in [4.69, 9.17) is 0 Å². The second-order valence-corrected chi connectivity index (χ2v) is 8.04. The summed E-state index contributed by atoms with van der Waals surface area (Å²) in [6.07, 6.45) is 4.96.